The van der Waals surface area contributed by atoms with Gasteiger partial charge in [-0.1, -0.05) is 43.2 Å². The number of aliphatic hydroxyl groups is 3. The third kappa shape index (κ3) is 8.67. The Labute approximate surface area is 328 Å². The molecule has 3 aliphatic rings. The Balaban J connectivity index is 1.18. The van der Waals surface area contributed by atoms with Gasteiger partial charge in [0.15, 0.2) is 12.1 Å². The Morgan fingerprint density at radius 1 is 0.947 bits per heavy atom. The second kappa shape index (κ2) is 17.7. The van der Waals surface area contributed by atoms with Crippen molar-refractivity contribution in [1.82, 2.24) is 5.48 Å². The Morgan fingerprint density at radius 3 is 2.30 bits per heavy atom. The predicted molar refractivity (Wildman–Crippen MR) is 203 cm³/mol. The number of hydroxylamine groups is 1. The number of anilines is 1. The first kappa shape index (κ1) is 41.7. The Hall–Kier alpha value is -4.94. The molecule has 16 nitrogen and oxygen atoms in total. The molecule has 6 rings (SSSR count). The van der Waals surface area contributed by atoms with Crippen molar-refractivity contribution in [3.63, 3.8) is 0 Å². The molecule has 0 spiro atoms. The number of ketones is 2. The summed E-state index contributed by atoms with van der Waals surface area (Å²) in [6.07, 6.45) is -3.84. The highest BCUT2D eigenvalue weighted by molar-refractivity contribution is 6.31. The molecule has 1 fully saturated rings. The standard InChI is InChI=1S/C41H49N3O13/c1-21-36(48)25(42)17-31(55-21)56-27-19-41(53,28(20-45)57-44-30(47)16-9-4-3-8-15-29(46)43-22-11-6-5-7-12-22)18-24-33(27)40(52)35-34(38(24)50)37(49)23-13-10-14-26(54-2)32(23)39(35)51/h5-7,10-14,21,25,27-28,31,36,45,48,50,52-53H,3-4,8-9,15-20,42H2,1-2H3,(H,43,46)(H,44,47)/t21?,25?,27-,28?,31?,36?,41-/m1/s1. The SMILES string of the molecule is COc1cccc2c1C(=O)c1c(O)c3c(c(O)c1C2=O)C[C@](O)(C(CO)ONC(=O)CCCCCCC(=O)Nc1ccccc1)C[C@H]3OC1CC(N)C(O)C(C)O1. The van der Waals surface area contributed by atoms with Gasteiger partial charge >= 0.3 is 0 Å². The van der Waals surface area contributed by atoms with Gasteiger partial charge in [0.2, 0.25) is 17.6 Å². The van der Waals surface area contributed by atoms with Crippen LogP contribution in [0.3, 0.4) is 0 Å². The number of unbranched alkanes of at least 4 members (excludes halogenated alkanes) is 3. The number of aliphatic hydroxyl groups excluding tert-OH is 2. The maximum absolute atomic E-state index is 14.0. The molecule has 7 atom stereocenters. The number of hydrogen-bond donors (Lipinski definition) is 8. The summed E-state index contributed by atoms with van der Waals surface area (Å²) in [4.78, 5) is 58.4. The maximum Gasteiger partial charge on any atom is 0.243 e. The van der Waals surface area contributed by atoms with Crippen LogP contribution < -0.4 is 21.3 Å². The highest BCUT2D eigenvalue weighted by atomic mass is 16.7. The minimum absolute atomic E-state index is 0.00762. The number of para-hydroxylation sites is 1. The number of rotatable bonds is 15. The van der Waals surface area contributed by atoms with E-state index in [0.29, 0.717) is 32.1 Å². The zero-order chi connectivity index (χ0) is 41.0. The molecule has 1 aliphatic heterocycles. The van der Waals surface area contributed by atoms with Gasteiger partial charge in [-0.15, -0.1) is 0 Å². The number of fused-ring (bicyclic) bond motifs is 3. The number of phenolic OH excluding ortho intramolecular Hbond substituents is 2. The number of carbonyl (C=O) groups excluding carboxylic acids is 4. The van der Waals surface area contributed by atoms with E-state index in [0.717, 1.165) is 5.69 Å². The molecule has 16 heteroatoms. The first-order valence-electron chi connectivity index (χ1n) is 19.0. The zero-order valence-corrected chi connectivity index (χ0v) is 31.7. The number of phenols is 2. The van der Waals surface area contributed by atoms with E-state index < -0.39 is 102 Å². The van der Waals surface area contributed by atoms with Crippen molar-refractivity contribution in [2.24, 2.45) is 5.73 Å². The van der Waals surface area contributed by atoms with Crippen LogP contribution in [0.1, 0.15) is 107 Å². The van der Waals surface area contributed by atoms with Crippen molar-refractivity contribution in [2.45, 2.75) is 107 Å². The Kier molecular flexibility index (Phi) is 12.9. The molecule has 0 aromatic heterocycles. The predicted octanol–water partition coefficient (Wildman–Crippen LogP) is 2.83. The van der Waals surface area contributed by atoms with Crippen LogP contribution in [0.25, 0.3) is 0 Å². The molecular formula is C41H49N3O13. The van der Waals surface area contributed by atoms with Crippen molar-refractivity contribution in [1.29, 1.82) is 0 Å². The molecule has 2 amide bonds. The number of ether oxygens (including phenoxy) is 3. The quantitative estimate of drug-likeness (QED) is 0.0490. The third-order valence-corrected chi connectivity index (χ3v) is 10.9. The maximum atomic E-state index is 14.0. The van der Waals surface area contributed by atoms with Crippen LogP contribution in [-0.2, 0) is 30.3 Å². The number of methoxy groups -OCH3 is 1. The van der Waals surface area contributed by atoms with Gasteiger partial charge in [-0.2, -0.15) is 0 Å². The number of hydrogen-bond acceptors (Lipinski definition) is 14. The van der Waals surface area contributed by atoms with Crippen molar-refractivity contribution in [3.05, 3.63) is 81.9 Å². The summed E-state index contributed by atoms with van der Waals surface area (Å²) < 4.78 is 17.5. The Morgan fingerprint density at radius 2 is 1.63 bits per heavy atom. The first-order valence-corrected chi connectivity index (χ1v) is 19.0. The Bertz CT molecular complexity index is 1980. The summed E-state index contributed by atoms with van der Waals surface area (Å²) in [5, 5.41) is 59.5. The van der Waals surface area contributed by atoms with Crippen molar-refractivity contribution in [2.75, 3.05) is 19.0 Å². The molecule has 3 aromatic rings. The molecule has 5 unspecified atom stereocenters. The van der Waals surface area contributed by atoms with Crippen LogP contribution in [-0.4, -0.2) is 98.9 Å². The largest absolute Gasteiger partial charge is 0.507 e. The van der Waals surface area contributed by atoms with E-state index in [1.54, 1.807) is 19.1 Å². The van der Waals surface area contributed by atoms with Gasteiger partial charge in [0.25, 0.3) is 0 Å². The van der Waals surface area contributed by atoms with E-state index in [-0.39, 0.29) is 46.8 Å². The van der Waals surface area contributed by atoms with E-state index in [9.17, 15) is 44.7 Å². The van der Waals surface area contributed by atoms with E-state index in [4.69, 9.17) is 24.8 Å². The van der Waals surface area contributed by atoms with Crippen LogP contribution in [0.2, 0.25) is 0 Å². The third-order valence-electron chi connectivity index (χ3n) is 10.9. The number of nitrogens with two attached hydrogens (primary N) is 1. The topological polar surface area (TPSA) is 256 Å². The average Bonchev–Trinajstić information content (AvgIpc) is 3.18. The summed E-state index contributed by atoms with van der Waals surface area (Å²) in [6, 6.07) is 12.7. The molecule has 0 bridgehead atoms. The highest BCUT2D eigenvalue weighted by Crippen LogP contribution is 2.53. The van der Waals surface area contributed by atoms with Crippen molar-refractivity contribution >= 4 is 29.1 Å². The van der Waals surface area contributed by atoms with Crippen molar-refractivity contribution in [3.8, 4) is 17.2 Å². The van der Waals surface area contributed by atoms with Gasteiger partial charge in [-0.05, 0) is 38.0 Å². The van der Waals surface area contributed by atoms with Gasteiger partial charge in [0, 0.05) is 60.5 Å². The molecule has 0 radical (unpaired) electrons. The molecule has 3 aromatic carbocycles. The second-order valence-electron chi connectivity index (χ2n) is 14.8. The number of aromatic hydroxyl groups is 2. The number of benzene rings is 3. The van der Waals surface area contributed by atoms with E-state index in [1.807, 2.05) is 18.2 Å². The fourth-order valence-corrected chi connectivity index (χ4v) is 7.84. The summed E-state index contributed by atoms with van der Waals surface area (Å²) in [5.41, 5.74) is 5.65. The molecule has 2 aliphatic carbocycles. The average molecular weight is 792 g/mol. The van der Waals surface area contributed by atoms with Crippen LogP contribution in [0.4, 0.5) is 5.69 Å². The first-order chi connectivity index (χ1) is 27.3. The number of nitrogens with one attached hydrogen (secondary N) is 2. The second-order valence-corrected chi connectivity index (χ2v) is 14.8. The lowest BCUT2D eigenvalue weighted by molar-refractivity contribution is -0.254. The van der Waals surface area contributed by atoms with E-state index in [1.165, 1.54) is 25.3 Å². The molecule has 9 N–H and O–H groups in total. The fraction of sp³-hybridized carbons (Fsp3) is 0.463. The van der Waals surface area contributed by atoms with Crippen LogP contribution in [0, 0.1) is 0 Å². The molecular weight excluding hydrogens is 742 g/mol. The van der Waals surface area contributed by atoms with Gasteiger partial charge in [0.05, 0.1) is 48.7 Å². The number of carbonyl (C=O) groups is 4. The van der Waals surface area contributed by atoms with E-state index in [2.05, 4.69) is 10.8 Å². The van der Waals surface area contributed by atoms with Crippen LogP contribution in [0.15, 0.2) is 48.5 Å². The highest BCUT2D eigenvalue weighted by Gasteiger charge is 2.51. The molecule has 0 saturated carbocycles. The molecule has 1 heterocycles. The van der Waals surface area contributed by atoms with Gasteiger partial charge < -0.3 is 50.8 Å². The lowest BCUT2D eigenvalue weighted by atomic mass is 9.71. The molecule has 306 valence electrons. The van der Waals surface area contributed by atoms with Crippen LogP contribution in [0.5, 0.6) is 17.2 Å². The monoisotopic (exact) mass is 791 g/mol. The summed E-state index contributed by atoms with van der Waals surface area (Å²) >= 11 is 0. The van der Waals surface area contributed by atoms with E-state index >= 15 is 0 Å². The van der Waals surface area contributed by atoms with Gasteiger partial charge in [0.1, 0.15) is 29.0 Å². The smallest absolute Gasteiger partial charge is 0.243 e. The lowest BCUT2D eigenvalue weighted by Gasteiger charge is -2.44. The summed E-state index contributed by atoms with van der Waals surface area (Å²) in [7, 11) is 1.32. The molecule has 1 saturated heterocycles. The summed E-state index contributed by atoms with van der Waals surface area (Å²) in [6.45, 7) is 0.768. The van der Waals surface area contributed by atoms with Gasteiger partial charge in [-0.25, -0.2) is 5.48 Å². The van der Waals surface area contributed by atoms with Crippen LogP contribution >= 0.6 is 0 Å². The van der Waals surface area contributed by atoms with Crippen molar-refractivity contribution < 1.29 is 63.8 Å². The number of amides is 2. The molecule has 57 heavy (non-hydrogen) atoms. The lowest BCUT2D eigenvalue weighted by Crippen LogP contribution is -2.55. The summed E-state index contributed by atoms with van der Waals surface area (Å²) in [5.74, 6) is -3.47. The normalized spacial score (nSPS) is 24.5. The zero-order valence-electron chi connectivity index (χ0n) is 31.7. The fourth-order valence-electron chi connectivity index (χ4n) is 7.84. The minimum Gasteiger partial charge on any atom is -0.507 e. The van der Waals surface area contributed by atoms with Gasteiger partial charge in [-0.3, -0.25) is 24.0 Å². The minimum atomic E-state index is -2.11.